The summed E-state index contributed by atoms with van der Waals surface area (Å²) in [4.78, 5) is 14.4. The van der Waals surface area contributed by atoms with Gasteiger partial charge in [-0.2, -0.15) is 15.0 Å². The van der Waals surface area contributed by atoms with E-state index < -0.39 is 0 Å². The number of phenols is 1. The normalized spacial score (nSPS) is 12.2. The molecule has 0 aliphatic carbocycles. The Morgan fingerprint density at radius 1 is 0.625 bits per heavy atom. The van der Waals surface area contributed by atoms with Crippen LogP contribution in [0.5, 0.6) is 5.75 Å². The Balaban J connectivity index is 2.22. The molecule has 2 N–H and O–H groups in total. The van der Waals surface area contributed by atoms with Crippen molar-refractivity contribution in [3.63, 3.8) is 0 Å². The van der Waals surface area contributed by atoms with Crippen molar-refractivity contribution < 1.29 is 5.11 Å². The largest absolute Gasteiger partial charge is 0.507 e. The number of benzene rings is 1. The number of thioether (sulfide) groups is 2. The molecular formula is C33H56N4OS2. The minimum atomic E-state index is -0.197. The number of unbranched alkanes of at least 4 members (excludes halogenated alkanes) is 10. The van der Waals surface area contributed by atoms with Gasteiger partial charge in [-0.1, -0.05) is 143 Å². The molecule has 1 aromatic carbocycles. The lowest BCUT2D eigenvalue weighted by molar-refractivity contribution is 0.423. The maximum absolute atomic E-state index is 11.1. The summed E-state index contributed by atoms with van der Waals surface area (Å²) < 4.78 is 0. The van der Waals surface area contributed by atoms with E-state index in [1.165, 1.54) is 77.0 Å². The van der Waals surface area contributed by atoms with E-state index in [1.807, 2.05) is 12.1 Å². The average Bonchev–Trinajstić information content (AvgIpc) is 2.87. The molecule has 0 saturated carbocycles. The zero-order valence-electron chi connectivity index (χ0n) is 26.7. The van der Waals surface area contributed by atoms with Crippen molar-refractivity contribution in [1.29, 1.82) is 0 Å². The van der Waals surface area contributed by atoms with Gasteiger partial charge in [-0.3, -0.25) is 0 Å². The van der Waals surface area contributed by atoms with Crippen molar-refractivity contribution in [3.05, 3.63) is 23.3 Å². The summed E-state index contributed by atoms with van der Waals surface area (Å²) in [6, 6.07) is 4.08. The summed E-state index contributed by atoms with van der Waals surface area (Å²) in [5, 5.41) is 16.2. The van der Waals surface area contributed by atoms with Crippen LogP contribution in [0.25, 0.3) is 0 Å². The SMILES string of the molecule is CCCCCCCCSc1nc(Nc2cc(C(C)(C)C)c(O)c(C(C)(C)C)c2)nc(SCCCCCCCC)n1. The predicted octanol–water partition coefficient (Wildman–Crippen LogP) is 10.8. The van der Waals surface area contributed by atoms with E-state index in [1.54, 1.807) is 23.5 Å². The molecule has 0 saturated heterocycles. The summed E-state index contributed by atoms with van der Waals surface area (Å²) in [6.45, 7) is 17.3. The number of phenolic OH excluding ortho intramolecular Hbond substituents is 1. The van der Waals surface area contributed by atoms with E-state index >= 15 is 0 Å². The van der Waals surface area contributed by atoms with Crippen LogP contribution in [0.4, 0.5) is 11.6 Å². The highest BCUT2D eigenvalue weighted by Crippen LogP contribution is 2.41. The predicted molar refractivity (Wildman–Crippen MR) is 177 cm³/mol. The minimum absolute atomic E-state index is 0.197. The van der Waals surface area contributed by atoms with Gasteiger partial charge in [0.1, 0.15) is 5.75 Å². The lowest BCUT2D eigenvalue weighted by atomic mass is 9.79. The quantitative estimate of drug-likeness (QED) is 0.102. The van der Waals surface area contributed by atoms with Gasteiger partial charge in [0.05, 0.1) is 0 Å². The van der Waals surface area contributed by atoms with Crippen LogP contribution in [0.1, 0.15) is 144 Å². The first-order valence-corrected chi connectivity index (χ1v) is 17.6. The molecule has 1 heterocycles. The average molecular weight is 589 g/mol. The topological polar surface area (TPSA) is 70.9 Å². The van der Waals surface area contributed by atoms with E-state index in [0.717, 1.165) is 38.6 Å². The second-order valence-corrected chi connectivity index (χ2v) is 15.1. The molecular weight excluding hydrogens is 533 g/mol. The van der Waals surface area contributed by atoms with Gasteiger partial charge >= 0.3 is 0 Å². The van der Waals surface area contributed by atoms with Gasteiger partial charge in [-0.25, -0.2) is 0 Å². The maximum Gasteiger partial charge on any atom is 0.232 e. The third kappa shape index (κ3) is 12.6. The van der Waals surface area contributed by atoms with Gasteiger partial charge in [-0.05, 0) is 35.8 Å². The highest BCUT2D eigenvalue weighted by molar-refractivity contribution is 7.99. The van der Waals surface area contributed by atoms with Gasteiger partial charge in [-0.15, -0.1) is 0 Å². The Morgan fingerprint density at radius 2 is 1.02 bits per heavy atom. The van der Waals surface area contributed by atoms with Crippen LogP contribution in [0.15, 0.2) is 22.4 Å². The van der Waals surface area contributed by atoms with Crippen LogP contribution in [-0.2, 0) is 10.8 Å². The first kappa shape index (κ1) is 34.7. The molecule has 226 valence electrons. The number of nitrogens with zero attached hydrogens (tertiary/aromatic N) is 3. The zero-order chi connectivity index (χ0) is 29.6. The van der Waals surface area contributed by atoms with Crippen molar-refractivity contribution in [2.45, 2.75) is 154 Å². The van der Waals surface area contributed by atoms with Crippen LogP contribution >= 0.6 is 23.5 Å². The number of aromatic nitrogens is 3. The van der Waals surface area contributed by atoms with Crippen LogP contribution < -0.4 is 5.32 Å². The standard InChI is InChI=1S/C33H56N4OS2/c1-9-11-13-15-17-19-21-39-30-35-29(36-31(37-30)40-22-20-18-16-14-12-10-2)34-25-23-26(32(3,4)5)28(38)27(24-25)33(6,7)8/h23-24,38H,9-22H2,1-8H3,(H,34,35,36,37). The van der Waals surface area contributed by atoms with Crippen LogP contribution in [0.3, 0.4) is 0 Å². The monoisotopic (exact) mass is 588 g/mol. The van der Waals surface area contributed by atoms with Crippen molar-refractivity contribution in [1.82, 2.24) is 15.0 Å². The highest BCUT2D eigenvalue weighted by atomic mass is 32.2. The molecule has 0 spiro atoms. The smallest absolute Gasteiger partial charge is 0.232 e. The molecule has 0 amide bonds. The molecule has 7 heteroatoms. The van der Waals surface area contributed by atoms with Gasteiger partial charge in [0.15, 0.2) is 10.3 Å². The Kier molecular flexibility index (Phi) is 15.2. The summed E-state index contributed by atoms with van der Waals surface area (Å²) in [5.41, 5.74) is 2.35. The van der Waals surface area contributed by atoms with Crippen LogP contribution in [0, 0.1) is 0 Å². The molecule has 0 atom stereocenters. The third-order valence-corrected chi connectivity index (χ3v) is 8.90. The first-order chi connectivity index (χ1) is 19.0. The second kappa shape index (κ2) is 17.5. The molecule has 1 aromatic heterocycles. The van der Waals surface area contributed by atoms with Crippen molar-refractivity contribution >= 4 is 35.2 Å². The summed E-state index contributed by atoms with van der Waals surface area (Å²) in [7, 11) is 0. The Bertz CT molecular complexity index is 943. The Labute approximate surface area is 253 Å². The van der Waals surface area contributed by atoms with Crippen molar-refractivity contribution in [3.8, 4) is 5.75 Å². The molecule has 5 nitrogen and oxygen atoms in total. The van der Waals surface area contributed by atoms with E-state index in [9.17, 15) is 5.11 Å². The number of hydrogen-bond donors (Lipinski definition) is 2. The van der Waals surface area contributed by atoms with Crippen LogP contribution in [-0.4, -0.2) is 31.6 Å². The molecule has 2 rings (SSSR count). The molecule has 0 fully saturated rings. The summed E-state index contributed by atoms with van der Waals surface area (Å²) in [5.74, 6) is 3.01. The molecule has 2 aromatic rings. The van der Waals surface area contributed by atoms with Gasteiger partial charge in [0, 0.05) is 28.3 Å². The molecule has 0 bridgehead atoms. The first-order valence-electron chi connectivity index (χ1n) is 15.6. The molecule has 40 heavy (non-hydrogen) atoms. The second-order valence-electron chi connectivity index (χ2n) is 13.0. The van der Waals surface area contributed by atoms with Gasteiger partial charge in [0.25, 0.3) is 0 Å². The minimum Gasteiger partial charge on any atom is -0.507 e. The number of hydrogen-bond acceptors (Lipinski definition) is 7. The lowest BCUT2D eigenvalue weighted by Gasteiger charge is -2.28. The van der Waals surface area contributed by atoms with Crippen molar-refractivity contribution in [2.24, 2.45) is 0 Å². The number of rotatable bonds is 18. The fraction of sp³-hybridized carbons (Fsp3) is 0.727. The summed E-state index contributed by atoms with van der Waals surface area (Å²) >= 11 is 3.48. The van der Waals surface area contributed by atoms with E-state index in [0.29, 0.717) is 11.7 Å². The number of aromatic hydroxyl groups is 1. The molecule has 0 radical (unpaired) electrons. The highest BCUT2D eigenvalue weighted by Gasteiger charge is 2.27. The van der Waals surface area contributed by atoms with Crippen molar-refractivity contribution in [2.75, 3.05) is 16.8 Å². The third-order valence-electron chi connectivity index (χ3n) is 7.03. The summed E-state index contributed by atoms with van der Waals surface area (Å²) in [6.07, 6.45) is 15.4. The fourth-order valence-corrected chi connectivity index (χ4v) is 6.32. The zero-order valence-corrected chi connectivity index (χ0v) is 28.3. The van der Waals surface area contributed by atoms with Gasteiger partial charge < -0.3 is 10.4 Å². The van der Waals surface area contributed by atoms with E-state index in [4.69, 9.17) is 15.0 Å². The van der Waals surface area contributed by atoms with E-state index in [-0.39, 0.29) is 10.8 Å². The van der Waals surface area contributed by atoms with Crippen LogP contribution in [0.2, 0.25) is 0 Å². The molecule has 0 aliphatic rings. The Hall–Kier alpha value is -1.47. The lowest BCUT2D eigenvalue weighted by Crippen LogP contribution is -2.18. The maximum atomic E-state index is 11.1. The van der Waals surface area contributed by atoms with Gasteiger partial charge in [0.2, 0.25) is 5.95 Å². The Morgan fingerprint density at radius 3 is 1.43 bits per heavy atom. The fourth-order valence-electron chi connectivity index (χ4n) is 4.59. The number of anilines is 2. The number of nitrogens with one attached hydrogen (secondary N) is 1. The molecule has 0 unspecified atom stereocenters. The van der Waals surface area contributed by atoms with E-state index in [2.05, 4.69) is 60.7 Å². The molecule has 0 aliphatic heterocycles.